The molecule has 0 unspecified atom stereocenters. The minimum absolute atomic E-state index is 0.107. The van der Waals surface area contributed by atoms with Crippen LogP contribution in [0.4, 0.5) is 0 Å². The Labute approximate surface area is 137 Å². The summed E-state index contributed by atoms with van der Waals surface area (Å²) in [6.07, 6.45) is 6.02. The highest BCUT2D eigenvalue weighted by molar-refractivity contribution is 7.88. The molecule has 1 saturated heterocycles. The third-order valence-electron chi connectivity index (χ3n) is 5.62. The zero-order valence-corrected chi connectivity index (χ0v) is 14.5. The van der Waals surface area contributed by atoms with E-state index >= 15 is 0 Å². The molecule has 3 fully saturated rings. The quantitative estimate of drug-likeness (QED) is 0.843. The second kappa shape index (κ2) is 5.04. The van der Waals surface area contributed by atoms with Gasteiger partial charge in [0, 0.05) is 19.2 Å². The number of rotatable bonds is 3. The van der Waals surface area contributed by atoms with E-state index in [4.69, 9.17) is 9.26 Å². The van der Waals surface area contributed by atoms with Gasteiger partial charge in [-0.2, -0.15) is 4.31 Å². The van der Waals surface area contributed by atoms with Crippen LogP contribution < -0.4 is 0 Å². The van der Waals surface area contributed by atoms with Crippen molar-refractivity contribution in [3.05, 3.63) is 18.0 Å². The van der Waals surface area contributed by atoms with Gasteiger partial charge in [0.2, 0.25) is 10.0 Å². The molecule has 1 aromatic rings. The van der Waals surface area contributed by atoms with E-state index in [1.165, 1.54) is 19.1 Å². The molecule has 128 valence electrons. The molecule has 2 saturated carbocycles. The van der Waals surface area contributed by atoms with Gasteiger partial charge in [-0.05, 0) is 51.4 Å². The molecule has 3 atom stereocenters. The molecule has 23 heavy (non-hydrogen) atoms. The molecule has 6 nitrogen and oxygen atoms in total. The van der Waals surface area contributed by atoms with Crippen LogP contribution in [0.5, 0.6) is 0 Å². The van der Waals surface area contributed by atoms with Crippen LogP contribution in [-0.2, 0) is 20.5 Å². The van der Waals surface area contributed by atoms with Crippen LogP contribution in [0.25, 0.3) is 0 Å². The third kappa shape index (κ3) is 2.72. The molecule has 4 rings (SSSR count). The SMILES string of the molecule is CC1(C)CN(S(=O)(=O)Cc2ccon2)C[C@]2(C[C@@H]3CC[C@H]2C3)O1. The smallest absolute Gasteiger partial charge is 0.220 e. The van der Waals surface area contributed by atoms with Crippen molar-refractivity contribution >= 4 is 10.0 Å². The molecule has 1 spiro atoms. The lowest BCUT2D eigenvalue weighted by molar-refractivity contribution is -0.203. The first-order valence-electron chi connectivity index (χ1n) is 8.35. The van der Waals surface area contributed by atoms with E-state index in [0.29, 0.717) is 30.6 Å². The monoisotopic (exact) mass is 340 g/mol. The van der Waals surface area contributed by atoms with Crippen molar-refractivity contribution in [3.8, 4) is 0 Å². The number of ether oxygens (including phenoxy) is 1. The summed E-state index contributed by atoms with van der Waals surface area (Å²) in [5.41, 5.74) is -0.294. The van der Waals surface area contributed by atoms with Gasteiger partial charge in [0.05, 0.1) is 16.9 Å². The lowest BCUT2D eigenvalue weighted by Gasteiger charge is -2.51. The van der Waals surface area contributed by atoms with Crippen molar-refractivity contribution in [2.24, 2.45) is 11.8 Å². The summed E-state index contributed by atoms with van der Waals surface area (Å²) in [5.74, 6) is 1.09. The fourth-order valence-corrected chi connectivity index (χ4v) is 6.52. The number of aromatic nitrogens is 1. The Morgan fingerprint density at radius 1 is 1.35 bits per heavy atom. The van der Waals surface area contributed by atoms with Gasteiger partial charge in [-0.3, -0.25) is 0 Å². The minimum atomic E-state index is -3.43. The first kappa shape index (κ1) is 15.6. The maximum atomic E-state index is 12.9. The highest BCUT2D eigenvalue weighted by Gasteiger charge is 2.58. The van der Waals surface area contributed by atoms with Gasteiger partial charge in [-0.1, -0.05) is 5.16 Å². The normalized spacial score (nSPS) is 36.8. The molecule has 3 aliphatic rings. The molecule has 2 aliphatic carbocycles. The average molecular weight is 340 g/mol. The topological polar surface area (TPSA) is 72.6 Å². The summed E-state index contributed by atoms with van der Waals surface area (Å²) < 4.78 is 38.6. The Morgan fingerprint density at radius 2 is 2.17 bits per heavy atom. The van der Waals surface area contributed by atoms with Crippen LogP contribution in [0, 0.1) is 11.8 Å². The summed E-state index contributed by atoms with van der Waals surface area (Å²) in [5, 5.41) is 3.75. The summed E-state index contributed by atoms with van der Waals surface area (Å²) in [4.78, 5) is 0. The molecule has 0 radical (unpaired) electrons. The Bertz CT molecular complexity index is 685. The second-order valence-electron chi connectivity index (χ2n) is 8.02. The van der Waals surface area contributed by atoms with E-state index in [9.17, 15) is 8.42 Å². The zero-order chi connectivity index (χ0) is 16.3. The number of nitrogens with zero attached hydrogens (tertiary/aromatic N) is 2. The van der Waals surface area contributed by atoms with Gasteiger partial charge in [0.25, 0.3) is 0 Å². The maximum absolute atomic E-state index is 12.9. The van der Waals surface area contributed by atoms with Crippen LogP contribution in [0.2, 0.25) is 0 Å². The van der Waals surface area contributed by atoms with E-state index in [2.05, 4.69) is 5.16 Å². The molecule has 0 N–H and O–H groups in total. The van der Waals surface area contributed by atoms with Crippen molar-refractivity contribution in [1.82, 2.24) is 9.46 Å². The molecular weight excluding hydrogens is 316 g/mol. The third-order valence-corrected chi connectivity index (χ3v) is 7.32. The number of hydrogen-bond donors (Lipinski definition) is 0. The summed E-state index contributed by atoms with van der Waals surface area (Å²) in [6.45, 7) is 4.88. The van der Waals surface area contributed by atoms with Crippen LogP contribution in [0.1, 0.15) is 45.2 Å². The van der Waals surface area contributed by atoms with Gasteiger partial charge in [-0.25, -0.2) is 8.42 Å². The molecule has 1 aliphatic heterocycles. The van der Waals surface area contributed by atoms with Gasteiger partial charge in [-0.15, -0.1) is 0 Å². The molecule has 2 bridgehead atoms. The van der Waals surface area contributed by atoms with Crippen LogP contribution in [0.3, 0.4) is 0 Å². The Kier molecular flexibility index (Phi) is 3.42. The van der Waals surface area contributed by atoms with Crippen LogP contribution in [-0.4, -0.2) is 42.2 Å². The average Bonchev–Trinajstić information content (AvgIpc) is 3.13. The van der Waals surface area contributed by atoms with Crippen LogP contribution >= 0.6 is 0 Å². The summed E-state index contributed by atoms with van der Waals surface area (Å²) in [6, 6.07) is 1.61. The number of hydrogen-bond acceptors (Lipinski definition) is 5. The van der Waals surface area contributed by atoms with Crippen molar-refractivity contribution in [3.63, 3.8) is 0 Å². The predicted octanol–water partition coefficient (Wildman–Crippen LogP) is 2.17. The number of fused-ring (bicyclic) bond motifs is 3. The molecular formula is C16H24N2O4S. The standard InChI is InChI=1S/C16H24N2O4S/c1-15(2)10-18(23(19,20)9-14-5-6-21-17-14)11-16(22-15)8-12-3-4-13(16)7-12/h5-6,12-13H,3-4,7-11H2,1-2H3/t12-,13+,16+/m1/s1. The molecule has 0 amide bonds. The number of sulfonamides is 1. The zero-order valence-electron chi connectivity index (χ0n) is 13.7. The largest absolute Gasteiger partial charge is 0.366 e. The van der Waals surface area contributed by atoms with Gasteiger partial charge < -0.3 is 9.26 Å². The highest BCUT2D eigenvalue weighted by atomic mass is 32.2. The summed E-state index contributed by atoms with van der Waals surface area (Å²) in [7, 11) is -3.43. The summed E-state index contributed by atoms with van der Waals surface area (Å²) >= 11 is 0. The van der Waals surface area contributed by atoms with E-state index in [-0.39, 0.29) is 11.4 Å². The van der Waals surface area contributed by atoms with Gasteiger partial charge in [0.1, 0.15) is 12.0 Å². The van der Waals surface area contributed by atoms with E-state index < -0.39 is 15.6 Å². The lowest BCUT2D eigenvalue weighted by Crippen LogP contribution is -2.62. The highest BCUT2D eigenvalue weighted by Crippen LogP contribution is 2.55. The van der Waals surface area contributed by atoms with Crippen molar-refractivity contribution in [2.45, 2.75) is 56.5 Å². The first-order valence-corrected chi connectivity index (χ1v) is 9.96. The number of morpholine rings is 1. The fraction of sp³-hybridized carbons (Fsp3) is 0.812. The second-order valence-corrected chi connectivity index (χ2v) is 9.99. The Balaban J connectivity index is 1.61. The first-order chi connectivity index (χ1) is 10.8. The van der Waals surface area contributed by atoms with Crippen molar-refractivity contribution in [2.75, 3.05) is 13.1 Å². The molecule has 1 aromatic heterocycles. The van der Waals surface area contributed by atoms with Gasteiger partial charge >= 0.3 is 0 Å². The van der Waals surface area contributed by atoms with Crippen molar-refractivity contribution < 1.29 is 17.7 Å². The predicted molar refractivity (Wildman–Crippen MR) is 84.0 cm³/mol. The molecule has 2 heterocycles. The molecule has 0 aromatic carbocycles. The minimum Gasteiger partial charge on any atom is -0.366 e. The van der Waals surface area contributed by atoms with Gasteiger partial charge in [0.15, 0.2) is 0 Å². The Hall–Kier alpha value is -0.920. The lowest BCUT2D eigenvalue weighted by atomic mass is 9.81. The molecule has 7 heteroatoms. The van der Waals surface area contributed by atoms with Crippen molar-refractivity contribution in [1.29, 1.82) is 0 Å². The maximum Gasteiger partial charge on any atom is 0.220 e. The van der Waals surface area contributed by atoms with E-state index in [1.807, 2.05) is 13.8 Å². The van der Waals surface area contributed by atoms with E-state index in [1.54, 1.807) is 10.4 Å². The van der Waals surface area contributed by atoms with Crippen LogP contribution in [0.15, 0.2) is 16.9 Å². The fourth-order valence-electron chi connectivity index (χ4n) is 4.89. The van der Waals surface area contributed by atoms with E-state index in [0.717, 1.165) is 12.8 Å². The Morgan fingerprint density at radius 3 is 2.78 bits per heavy atom.